The smallest absolute Gasteiger partial charge is 0.0292 e. The van der Waals surface area contributed by atoms with E-state index in [4.69, 9.17) is 0 Å². The first-order chi connectivity index (χ1) is 11.8. The molecule has 0 heterocycles. The van der Waals surface area contributed by atoms with Gasteiger partial charge in [0.15, 0.2) is 0 Å². The molecule has 0 saturated heterocycles. The molecule has 3 aliphatic carbocycles. The van der Waals surface area contributed by atoms with Crippen molar-refractivity contribution < 1.29 is 0 Å². The molecule has 146 valence electrons. The molecule has 0 heteroatoms. The summed E-state index contributed by atoms with van der Waals surface area (Å²) in [6.07, 6.45) is 15.1. The van der Waals surface area contributed by atoms with Gasteiger partial charge >= 0.3 is 0 Å². The lowest BCUT2D eigenvalue weighted by Gasteiger charge is -2.44. The Hall–Kier alpha value is 0. The van der Waals surface area contributed by atoms with Crippen LogP contribution in [0.15, 0.2) is 0 Å². The van der Waals surface area contributed by atoms with E-state index < -0.39 is 0 Å². The third-order valence-electron chi connectivity index (χ3n) is 9.23. The molecule has 25 heavy (non-hydrogen) atoms. The van der Waals surface area contributed by atoms with E-state index in [0.717, 1.165) is 47.3 Å². The molecule has 0 unspecified atom stereocenters. The van der Waals surface area contributed by atoms with Crippen LogP contribution in [0.1, 0.15) is 106 Å². The Bertz CT molecular complexity index is 424. The van der Waals surface area contributed by atoms with Crippen LogP contribution in [-0.2, 0) is 0 Å². The quantitative estimate of drug-likeness (QED) is 0.473. The summed E-state index contributed by atoms with van der Waals surface area (Å²) in [5.74, 6) is 7.95. The van der Waals surface area contributed by atoms with Crippen molar-refractivity contribution in [2.24, 2.45) is 52.8 Å². The molecule has 0 aliphatic heterocycles. The first-order valence-electron chi connectivity index (χ1n) is 11.8. The number of rotatable bonds is 5. The molecule has 3 fully saturated rings. The fraction of sp³-hybridized carbons (Fsp3) is 1.00. The topological polar surface area (TPSA) is 0 Å². The van der Waals surface area contributed by atoms with Crippen LogP contribution in [0, 0.1) is 52.8 Å². The van der Waals surface area contributed by atoms with Gasteiger partial charge in [-0.05, 0) is 84.9 Å². The number of hydrogen-bond acceptors (Lipinski definition) is 0. The SMILES string of the molecule is CC(C)CCC[C@H](C)[C@H]1CC[C@]2(C)C[C@H]3[C@H](CC[C@@H]3C)[C@@H](C)CC[C@@H]12. The number of fused-ring (bicyclic) bond motifs is 2. The van der Waals surface area contributed by atoms with Gasteiger partial charge in [-0.15, -0.1) is 0 Å². The molecule has 3 rings (SSSR count). The molecule has 0 N–H and O–H groups in total. The van der Waals surface area contributed by atoms with Crippen molar-refractivity contribution in [3.63, 3.8) is 0 Å². The first kappa shape index (κ1) is 19.8. The van der Waals surface area contributed by atoms with Crippen molar-refractivity contribution in [1.82, 2.24) is 0 Å². The highest BCUT2D eigenvalue weighted by Crippen LogP contribution is 2.60. The van der Waals surface area contributed by atoms with Gasteiger partial charge in [0.05, 0.1) is 0 Å². The molecular formula is C25H46. The van der Waals surface area contributed by atoms with Gasteiger partial charge in [0, 0.05) is 0 Å². The maximum absolute atomic E-state index is 2.70. The average molecular weight is 347 g/mol. The van der Waals surface area contributed by atoms with Gasteiger partial charge in [-0.1, -0.05) is 73.6 Å². The van der Waals surface area contributed by atoms with E-state index in [9.17, 15) is 0 Å². The van der Waals surface area contributed by atoms with E-state index in [1.165, 1.54) is 57.8 Å². The van der Waals surface area contributed by atoms with Crippen molar-refractivity contribution in [1.29, 1.82) is 0 Å². The Morgan fingerprint density at radius 3 is 2.24 bits per heavy atom. The van der Waals surface area contributed by atoms with Crippen LogP contribution in [0.5, 0.6) is 0 Å². The van der Waals surface area contributed by atoms with Gasteiger partial charge in [-0.25, -0.2) is 0 Å². The number of hydrogen-bond donors (Lipinski definition) is 0. The molecule has 8 atom stereocenters. The van der Waals surface area contributed by atoms with Gasteiger partial charge in [0.25, 0.3) is 0 Å². The molecule has 0 aromatic rings. The third-order valence-corrected chi connectivity index (χ3v) is 9.23. The van der Waals surface area contributed by atoms with E-state index in [1.807, 2.05) is 0 Å². The van der Waals surface area contributed by atoms with Crippen molar-refractivity contribution in [3.8, 4) is 0 Å². The van der Waals surface area contributed by atoms with E-state index in [-0.39, 0.29) is 0 Å². The summed E-state index contributed by atoms with van der Waals surface area (Å²) in [5, 5.41) is 0. The highest BCUT2D eigenvalue weighted by atomic mass is 14.6. The van der Waals surface area contributed by atoms with Gasteiger partial charge in [0.1, 0.15) is 0 Å². The lowest BCUT2D eigenvalue weighted by molar-refractivity contribution is 0.0532. The normalized spacial score (nSPS) is 45.7. The fourth-order valence-corrected chi connectivity index (χ4v) is 7.52. The van der Waals surface area contributed by atoms with Crippen LogP contribution >= 0.6 is 0 Å². The van der Waals surface area contributed by atoms with Gasteiger partial charge in [0.2, 0.25) is 0 Å². The van der Waals surface area contributed by atoms with E-state index in [0.29, 0.717) is 5.41 Å². The Morgan fingerprint density at radius 2 is 1.52 bits per heavy atom. The fourth-order valence-electron chi connectivity index (χ4n) is 7.52. The van der Waals surface area contributed by atoms with Gasteiger partial charge < -0.3 is 0 Å². The second-order valence-electron chi connectivity index (χ2n) is 11.4. The van der Waals surface area contributed by atoms with Crippen LogP contribution in [0.3, 0.4) is 0 Å². The molecule has 3 saturated carbocycles. The zero-order valence-electron chi connectivity index (χ0n) is 18.2. The summed E-state index contributed by atoms with van der Waals surface area (Å²) >= 11 is 0. The minimum Gasteiger partial charge on any atom is -0.0628 e. The van der Waals surface area contributed by atoms with Crippen LogP contribution in [0.2, 0.25) is 0 Å². The Balaban J connectivity index is 1.68. The molecule has 0 radical (unpaired) electrons. The summed E-state index contributed by atoms with van der Waals surface area (Å²) in [6.45, 7) is 15.2. The maximum atomic E-state index is 2.70. The summed E-state index contributed by atoms with van der Waals surface area (Å²) < 4.78 is 0. The van der Waals surface area contributed by atoms with Crippen molar-refractivity contribution >= 4 is 0 Å². The molecule has 0 aromatic heterocycles. The first-order valence-corrected chi connectivity index (χ1v) is 11.8. The van der Waals surface area contributed by atoms with E-state index in [1.54, 1.807) is 6.42 Å². The van der Waals surface area contributed by atoms with Gasteiger partial charge in [-0.3, -0.25) is 0 Å². The molecule has 0 bridgehead atoms. The molecule has 0 nitrogen and oxygen atoms in total. The van der Waals surface area contributed by atoms with Crippen molar-refractivity contribution in [3.05, 3.63) is 0 Å². The standard InChI is InChI=1S/C25H46/c1-17(2)8-7-9-18(3)22-14-15-25(6)16-23-20(5)10-12-21(23)19(4)11-13-24(22)25/h17-24H,7-16H2,1-6H3/t18-,19-,20-,21+,22+,23+,24-,25+/m0/s1. The molecule has 0 aromatic carbocycles. The summed E-state index contributed by atoms with van der Waals surface area (Å²) in [5.41, 5.74) is 0.665. The zero-order valence-corrected chi connectivity index (χ0v) is 18.2. The van der Waals surface area contributed by atoms with Gasteiger partial charge in [-0.2, -0.15) is 0 Å². The van der Waals surface area contributed by atoms with Crippen molar-refractivity contribution in [2.45, 2.75) is 106 Å². The summed E-state index contributed by atoms with van der Waals surface area (Å²) in [4.78, 5) is 0. The van der Waals surface area contributed by atoms with Crippen molar-refractivity contribution in [2.75, 3.05) is 0 Å². The largest absolute Gasteiger partial charge is 0.0628 e. The Labute approximate surface area is 158 Å². The summed E-state index contributed by atoms with van der Waals surface area (Å²) in [6, 6.07) is 0. The Kier molecular flexibility index (Phi) is 6.27. The monoisotopic (exact) mass is 346 g/mol. The second-order valence-corrected chi connectivity index (χ2v) is 11.4. The molecule has 3 aliphatic rings. The van der Waals surface area contributed by atoms with E-state index in [2.05, 4.69) is 41.5 Å². The average Bonchev–Trinajstić information content (AvgIpc) is 3.04. The highest BCUT2D eigenvalue weighted by molar-refractivity contribution is 5.01. The predicted octanol–water partition coefficient (Wildman–Crippen LogP) is 7.96. The molecule has 0 spiro atoms. The summed E-state index contributed by atoms with van der Waals surface area (Å²) in [7, 11) is 0. The Morgan fingerprint density at radius 1 is 0.840 bits per heavy atom. The minimum atomic E-state index is 0.665. The minimum absolute atomic E-state index is 0.665. The van der Waals surface area contributed by atoms with Crippen LogP contribution < -0.4 is 0 Å². The maximum Gasteiger partial charge on any atom is -0.0292 e. The van der Waals surface area contributed by atoms with Crippen LogP contribution in [0.4, 0.5) is 0 Å². The second kappa shape index (κ2) is 7.93. The lowest BCUT2D eigenvalue weighted by Crippen LogP contribution is -2.36. The van der Waals surface area contributed by atoms with Crippen LogP contribution in [0.25, 0.3) is 0 Å². The van der Waals surface area contributed by atoms with E-state index >= 15 is 0 Å². The molecule has 0 amide bonds. The third kappa shape index (κ3) is 4.14. The lowest BCUT2D eigenvalue weighted by atomic mass is 9.61. The highest BCUT2D eigenvalue weighted by Gasteiger charge is 2.51. The zero-order chi connectivity index (χ0) is 18.2. The van der Waals surface area contributed by atoms with Crippen LogP contribution in [-0.4, -0.2) is 0 Å². The molecular weight excluding hydrogens is 300 g/mol. The predicted molar refractivity (Wildman–Crippen MR) is 111 cm³/mol.